The van der Waals surface area contributed by atoms with Crippen molar-refractivity contribution < 1.29 is 9.47 Å². The largest absolute Gasteiger partial charge is 0.480 e. The van der Waals surface area contributed by atoms with E-state index in [0.29, 0.717) is 6.61 Å². The number of hydrogen-bond donors (Lipinski definition) is 1. The monoisotopic (exact) mass is 175 g/mol. The van der Waals surface area contributed by atoms with E-state index >= 15 is 0 Å². The Morgan fingerprint density at radius 2 is 2.64 bits per heavy atom. The molecule has 0 aliphatic carbocycles. The lowest BCUT2D eigenvalue weighted by atomic mass is 10.4. The molecule has 0 radical (unpaired) electrons. The molecule has 0 aromatic carbocycles. The second kappa shape index (κ2) is 4.62. The van der Waals surface area contributed by atoms with Gasteiger partial charge in [0.15, 0.2) is 0 Å². The SMILES string of the molecule is CCOC(=N)C1CSCCO1. The standard InChI is InChI=1S/C7H13NO2S/c1-2-9-7(8)6-5-11-4-3-10-6/h6,8H,2-5H2,1H3. The number of ether oxygens (including phenoxy) is 2. The fraction of sp³-hybridized carbons (Fsp3) is 0.857. The van der Waals surface area contributed by atoms with Gasteiger partial charge < -0.3 is 9.47 Å². The van der Waals surface area contributed by atoms with Crippen molar-refractivity contribution in [2.75, 3.05) is 24.7 Å². The number of hydrogen-bond acceptors (Lipinski definition) is 4. The maximum absolute atomic E-state index is 7.42. The summed E-state index contributed by atoms with van der Waals surface area (Å²) in [5.41, 5.74) is 0. The van der Waals surface area contributed by atoms with Crippen molar-refractivity contribution in [2.24, 2.45) is 0 Å². The topological polar surface area (TPSA) is 42.3 Å². The van der Waals surface area contributed by atoms with Gasteiger partial charge >= 0.3 is 0 Å². The molecular weight excluding hydrogens is 162 g/mol. The van der Waals surface area contributed by atoms with E-state index in [1.54, 1.807) is 0 Å². The van der Waals surface area contributed by atoms with E-state index in [9.17, 15) is 0 Å². The lowest BCUT2D eigenvalue weighted by Gasteiger charge is -2.22. The summed E-state index contributed by atoms with van der Waals surface area (Å²) in [4.78, 5) is 0. The van der Waals surface area contributed by atoms with E-state index in [1.165, 1.54) is 0 Å². The lowest BCUT2D eigenvalue weighted by molar-refractivity contribution is 0.0986. The molecule has 11 heavy (non-hydrogen) atoms. The van der Waals surface area contributed by atoms with Crippen molar-refractivity contribution >= 4 is 17.7 Å². The zero-order valence-electron chi connectivity index (χ0n) is 6.63. The average molecular weight is 175 g/mol. The second-order valence-electron chi connectivity index (χ2n) is 2.23. The molecule has 1 atom stereocenters. The molecule has 1 aliphatic heterocycles. The third-order valence-corrected chi connectivity index (χ3v) is 2.40. The third kappa shape index (κ3) is 2.71. The zero-order chi connectivity index (χ0) is 8.10. The van der Waals surface area contributed by atoms with Crippen LogP contribution in [0.2, 0.25) is 0 Å². The van der Waals surface area contributed by atoms with Gasteiger partial charge in [-0.15, -0.1) is 0 Å². The highest BCUT2D eigenvalue weighted by atomic mass is 32.2. The fourth-order valence-corrected chi connectivity index (χ4v) is 1.73. The highest BCUT2D eigenvalue weighted by Gasteiger charge is 2.19. The van der Waals surface area contributed by atoms with E-state index in [-0.39, 0.29) is 12.0 Å². The molecule has 0 bridgehead atoms. The van der Waals surface area contributed by atoms with Crippen molar-refractivity contribution in [3.63, 3.8) is 0 Å². The third-order valence-electron chi connectivity index (χ3n) is 1.41. The van der Waals surface area contributed by atoms with Gasteiger partial charge in [-0.2, -0.15) is 11.8 Å². The molecular formula is C7H13NO2S. The van der Waals surface area contributed by atoms with Crippen LogP contribution in [0.1, 0.15) is 6.92 Å². The number of nitrogens with one attached hydrogen (secondary N) is 1. The van der Waals surface area contributed by atoms with Gasteiger partial charge in [0.2, 0.25) is 5.90 Å². The Morgan fingerprint density at radius 3 is 3.18 bits per heavy atom. The molecule has 0 aromatic heterocycles. The number of rotatable bonds is 2. The first-order valence-electron chi connectivity index (χ1n) is 3.75. The van der Waals surface area contributed by atoms with Crippen LogP contribution in [-0.2, 0) is 9.47 Å². The lowest BCUT2D eigenvalue weighted by Crippen LogP contribution is -2.32. The molecule has 1 rings (SSSR count). The highest BCUT2D eigenvalue weighted by Crippen LogP contribution is 2.13. The summed E-state index contributed by atoms with van der Waals surface area (Å²) in [5.74, 6) is 2.18. The van der Waals surface area contributed by atoms with E-state index < -0.39 is 0 Å². The van der Waals surface area contributed by atoms with E-state index in [2.05, 4.69) is 0 Å². The summed E-state index contributed by atoms with van der Waals surface area (Å²) in [6.45, 7) is 3.18. The average Bonchev–Trinajstić information content (AvgIpc) is 2.07. The Kier molecular flexibility index (Phi) is 3.72. The van der Waals surface area contributed by atoms with Crippen LogP contribution in [0.25, 0.3) is 0 Å². The van der Waals surface area contributed by atoms with E-state index in [4.69, 9.17) is 14.9 Å². The molecule has 0 saturated carbocycles. The Morgan fingerprint density at radius 1 is 1.82 bits per heavy atom. The summed E-state index contributed by atoms with van der Waals surface area (Å²) in [6, 6.07) is 0. The fourth-order valence-electron chi connectivity index (χ4n) is 0.888. The first-order valence-corrected chi connectivity index (χ1v) is 4.90. The van der Waals surface area contributed by atoms with E-state index in [0.717, 1.165) is 18.1 Å². The summed E-state index contributed by atoms with van der Waals surface area (Å²) < 4.78 is 10.3. The van der Waals surface area contributed by atoms with Crippen molar-refractivity contribution in [3.05, 3.63) is 0 Å². The summed E-state index contributed by atoms with van der Waals surface area (Å²) in [5, 5.41) is 7.42. The second-order valence-corrected chi connectivity index (χ2v) is 3.38. The molecule has 1 unspecified atom stereocenters. The molecule has 1 heterocycles. The molecule has 0 spiro atoms. The van der Waals surface area contributed by atoms with Gasteiger partial charge in [0.05, 0.1) is 13.2 Å². The van der Waals surface area contributed by atoms with Gasteiger partial charge in [0, 0.05) is 11.5 Å². The minimum absolute atomic E-state index is 0.103. The zero-order valence-corrected chi connectivity index (χ0v) is 7.45. The molecule has 1 aliphatic rings. The highest BCUT2D eigenvalue weighted by molar-refractivity contribution is 7.99. The molecule has 1 N–H and O–H groups in total. The Balaban J connectivity index is 2.27. The Bertz CT molecular complexity index is 134. The van der Waals surface area contributed by atoms with Crippen LogP contribution in [0.5, 0.6) is 0 Å². The minimum Gasteiger partial charge on any atom is -0.480 e. The maximum Gasteiger partial charge on any atom is 0.211 e. The molecule has 0 aromatic rings. The smallest absolute Gasteiger partial charge is 0.211 e. The predicted molar refractivity (Wildman–Crippen MR) is 46.4 cm³/mol. The minimum atomic E-state index is -0.103. The molecule has 1 fully saturated rings. The number of thioether (sulfide) groups is 1. The van der Waals surface area contributed by atoms with Crippen LogP contribution in [0.15, 0.2) is 0 Å². The van der Waals surface area contributed by atoms with Gasteiger partial charge in [-0.1, -0.05) is 0 Å². The van der Waals surface area contributed by atoms with Gasteiger partial charge in [0.1, 0.15) is 6.10 Å². The maximum atomic E-state index is 7.42. The first kappa shape index (κ1) is 8.87. The van der Waals surface area contributed by atoms with E-state index in [1.807, 2.05) is 18.7 Å². The van der Waals surface area contributed by atoms with Crippen molar-refractivity contribution in [3.8, 4) is 0 Å². The molecule has 0 amide bonds. The normalized spacial score (nSPS) is 24.6. The van der Waals surface area contributed by atoms with Crippen LogP contribution in [0.3, 0.4) is 0 Å². The van der Waals surface area contributed by atoms with Crippen LogP contribution in [0, 0.1) is 5.41 Å². The molecule has 4 heteroatoms. The van der Waals surface area contributed by atoms with Gasteiger partial charge in [-0.05, 0) is 6.92 Å². The summed E-state index contributed by atoms with van der Waals surface area (Å²) in [7, 11) is 0. The summed E-state index contributed by atoms with van der Waals surface area (Å²) in [6.07, 6.45) is -0.103. The van der Waals surface area contributed by atoms with Crippen molar-refractivity contribution in [2.45, 2.75) is 13.0 Å². The molecule has 3 nitrogen and oxygen atoms in total. The van der Waals surface area contributed by atoms with Crippen LogP contribution in [-0.4, -0.2) is 36.7 Å². The van der Waals surface area contributed by atoms with Gasteiger partial charge in [-0.3, -0.25) is 5.41 Å². The Labute approximate surface area is 71.0 Å². The van der Waals surface area contributed by atoms with Crippen LogP contribution in [0.4, 0.5) is 0 Å². The van der Waals surface area contributed by atoms with Crippen LogP contribution < -0.4 is 0 Å². The summed E-state index contributed by atoms with van der Waals surface area (Å²) >= 11 is 1.81. The van der Waals surface area contributed by atoms with Crippen molar-refractivity contribution in [1.82, 2.24) is 0 Å². The first-order chi connectivity index (χ1) is 5.34. The van der Waals surface area contributed by atoms with Crippen molar-refractivity contribution in [1.29, 1.82) is 5.41 Å². The predicted octanol–water partition coefficient (Wildman–Crippen LogP) is 1.13. The van der Waals surface area contributed by atoms with Gasteiger partial charge in [-0.25, -0.2) is 0 Å². The molecule has 1 saturated heterocycles. The van der Waals surface area contributed by atoms with Crippen LogP contribution >= 0.6 is 11.8 Å². The molecule has 64 valence electrons. The Hall–Kier alpha value is -0.220. The van der Waals surface area contributed by atoms with Gasteiger partial charge in [0.25, 0.3) is 0 Å². The quantitative estimate of drug-likeness (QED) is 0.505.